The fourth-order valence-corrected chi connectivity index (χ4v) is 3.98. The summed E-state index contributed by atoms with van der Waals surface area (Å²) in [5.41, 5.74) is 2.21. The Bertz CT molecular complexity index is 1050. The summed E-state index contributed by atoms with van der Waals surface area (Å²) in [7, 11) is 0.961. The first-order valence-electron chi connectivity index (χ1n) is 8.33. The van der Waals surface area contributed by atoms with Gasteiger partial charge >= 0.3 is 0 Å². The molecular weight excluding hydrogens is 362 g/mol. The lowest BCUT2D eigenvalue weighted by atomic mass is 10.1. The molecule has 0 saturated carbocycles. The summed E-state index contributed by atoms with van der Waals surface area (Å²) in [6.45, 7) is 0. The minimum Gasteiger partial charge on any atom is -0.497 e. The Morgan fingerprint density at radius 2 is 1.30 bits per heavy atom. The zero-order valence-corrected chi connectivity index (χ0v) is 16.2. The molecule has 0 bridgehead atoms. The lowest BCUT2D eigenvalue weighted by Gasteiger charge is -2.20. The Balaban J connectivity index is 1.99. The van der Waals surface area contributed by atoms with Crippen LogP contribution in [0.4, 0.5) is 5.69 Å². The second kappa shape index (κ2) is 7.72. The molecule has 0 radical (unpaired) electrons. The summed E-state index contributed by atoms with van der Waals surface area (Å²) in [5, 5.41) is 0. The third kappa shape index (κ3) is 3.90. The number of ether oxygens (including phenoxy) is 2. The first kappa shape index (κ1) is 18.8. The van der Waals surface area contributed by atoms with Crippen LogP contribution in [0.5, 0.6) is 11.5 Å². The Morgan fingerprint density at radius 3 is 1.96 bits per heavy atom. The summed E-state index contributed by atoms with van der Waals surface area (Å²) in [5.74, 6) is 1.31. The van der Waals surface area contributed by atoms with Crippen molar-refractivity contribution in [2.45, 2.75) is 4.90 Å². The van der Waals surface area contributed by atoms with Crippen LogP contribution in [0.2, 0.25) is 0 Å². The fourth-order valence-electron chi connectivity index (χ4n) is 2.74. The molecule has 6 heteroatoms. The lowest BCUT2D eigenvalue weighted by molar-refractivity contribution is 0.415. The largest absolute Gasteiger partial charge is 0.497 e. The molecular formula is C21H21NO4S. The molecule has 3 aromatic carbocycles. The average molecular weight is 383 g/mol. The number of nitrogens with zero attached hydrogens (tertiary/aromatic N) is 1. The van der Waals surface area contributed by atoms with Crippen LogP contribution in [-0.4, -0.2) is 29.7 Å². The van der Waals surface area contributed by atoms with Gasteiger partial charge in [0.2, 0.25) is 0 Å². The Labute approximate surface area is 159 Å². The van der Waals surface area contributed by atoms with Crippen molar-refractivity contribution in [3.8, 4) is 22.6 Å². The molecule has 3 aromatic rings. The fraction of sp³-hybridized carbons (Fsp3) is 0.143. The van der Waals surface area contributed by atoms with Gasteiger partial charge in [0.05, 0.1) is 24.8 Å². The van der Waals surface area contributed by atoms with E-state index >= 15 is 0 Å². The van der Waals surface area contributed by atoms with E-state index in [4.69, 9.17) is 9.47 Å². The first-order chi connectivity index (χ1) is 13.0. The molecule has 0 aliphatic heterocycles. The van der Waals surface area contributed by atoms with E-state index in [2.05, 4.69) is 0 Å². The van der Waals surface area contributed by atoms with Crippen LogP contribution in [0.1, 0.15) is 0 Å². The minimum absolute atomic E-state index is 0.216. The molecule has 0 aliphatic carbocycles. The van der Waals surface area contributed by atoms with Crippen molar-refractivity contribution in [2.75, 3.05) is 25.6 Å². The van der Waals surface area contributed by atoms with Gasteiger partial charge in [0, 0.05) is 13.1 Å². The monoisotopic (exact) mass is 383 g/mol. The standard InChI is InChI=1S/C21H21NO4S/c1-22(18-9-6-11-20(15-18)26-3)27(23,24)21-12-5-8-17(14-21)16-7-4-10-19(13-16)25-2/h4-15H,1-3H3. The van der Waals surface area contributed by atoms with Gasteiger partial charge < -0.3 is 9.47 Å². The summed E-state index contributed by atoms with van der Waals surface area (Å²) < 4.78 is 37.9. The van der Waals surface area contributed by atoms with Gasteiger partial charge in [-0.05, 0) is 47.5 Å². The summed E-state index contributed by atoms with van der Waals surface area (Å²) >= 11 is 0. The predicted molar refractivity (Wildman–Crippen MR) is 107 cm³/mol. The first-order valence-corrected chi connectivity index (χ1v) is 9.77. The van der Waals surface area contributed by atoms with E-state index in [9.17, 15) is 8.42 Å². The van der Waals surface area contributed by atoms with E-state index in [1.165, 1.54) is 11.4 Å². The number of hydrogen-bond acceptors (Lipinski definition) is 4. The highest BCUT2D eigenvalue weighted by molar-refractivity contribution is 7.92. The van der Waals surface area contributed by atoms with Crippen molar-refractivity contribution in [3.63, 3.8) is 0 Å². The van der Waals surface area contributed by atoms with Gasteiger partial charge in [0.25, 0.3) is 10.0 Å². The molecule has 0 saturated heterocycles. The second-order valence-corrected chi connectivity index (χ2v) is 7.90. The van der Waals surface area contributed by atoms with Gasteiger partial charge in [0.1, 0.15) is 11.5 Å². The number of hydrogen-bond donors (Lipinski definition) is 0. The van der Waals surface area contributed by atoms with Gasteiger partial charge in [-0.25, -0.2) is 8.42 Å². The third-order valence-electron chi connectivity index (χ3n) is 4.31. The molecule has 5 nitrogen and oxygen atoms in total. The highest BCUT2D eigenvalue weighted by Crippen LogP contribution is 2.29. The van der Waals surface area contributed by atoms with Crippen LogP contribution in [0, 0.1) is 0 Å². The Hall–Kier alpha value is -2.99. The maximum Gasteiger partial charge on any atom is 0.264 e. The Kier molecular flexibility index (Phi) is 5.37. The highest BCUT2D eigenvalue weighted by atomic mass is 32.2. The van der Waals surface area contributed by atoms with Crippen LogP contribution in [0.3, 0.4) is 0 Å². The summed E-state index contributed by atoms with van der Waals surface area (Å²) in [4.78, 5) is 0.216. The van der Waals surface area contributed by atoms with Gasteiger partial charge in [-0.15, -0.1) is 0 Å². The number of benzene rings is 3. The number of anilines is 1. The van der Waals surface area contributed by atoms with Gasteiger partial charge in [-0.2, -0.15) is 0 Å². The molecule has 0 heterocycles. The van der Waals surface area contributed by atoms with Gasteiger partial charge in [-0.1, -0.05) is 30.3 Å². The molecule has 0 unspecified atom stereocenters. The zero-order valence-electron chi connectivity index (χ0n) is 15.4. The van der Waals surface area contributed by atoms with Crippen molar-refractivity contribution >= 4 is 15.7 Å². The van der Waals surface area contributed by atoms with Crippen molar-refractivity contribution < 1.29 is 17.9 Å². The van der Waals surface area contributed by atoms with Crippen molar-refractivity contribution in [1.29, 1.82) is 0 Å². The Morgan fingerprint density at radius 1 is 0.741 bits per heavy atom. The van der Waals surface area contributed by atoms with Crippen LogP contribution in [0.25, 0.3) is 11.1 Å². The SMILES string of the molecule is COc1cccc(-c2cccc(S(=O)(=O)N(C)c3cccc(OC)c3)c2)c1. The van der Waals surface area contributed by atoms with Gasteiger partial charge in [0.15, 0.2) is 0 Å². The van der Waals surface area contributed by atoms with E-state index in [0.29, 0.717) is 17.2 Å². The van der Waals surface area contributed by atoms with Crippen LogP contribution in [0.15, 0.2) is 77.7 Å². The zero-order chi connectivity index (χ0) is 19.4. The molecule has 0 fully saturated rings. The molecule has 27 heavy (non-hydrogen) atoms. The van der Waals surface area contributed by atoms with E-state index in [0.717, 1.165) is 11.1 Å². The minimum atomic E-state index is -3.72. The van der Waals surface area contributed by atoms with Crippen LogP contribution < -0.4 is 13.8 Å². The maximum absolute atomic E-state index is 13.1. The molecule has 0 aromatic heterocycles. The van der Waals surface area contributed by atoms with Crippen molar-refractivity contribution in [3.05, 3.63) is 72.8 Å². The second-order valence-electron chi connectivity index (χ2n) is 5.93. The van der Waals surface area contributed by atoms with Gasteiger partial charge in [-0.3, -0.25) is 4.31 Å². The average Bonchev–Trinajstić information content (AvgIpc) is 2.73. The molecule has 0 N–H and O–H groups in total. The molecule has 0 amide bonds. The normalized spacial score (nSPS) is 11.1. The molecule has 140 valence electrons. The summed E-state index contributed by atoms with van der Waals surface area (Å²) in [6, 6.07) is 21.3. The summed E-state index contributed by atoms with van der Waals surface area (Å²) in [6.07, 6.45) is 0. The lowest BCUT2D eigenvalue weighted by Crippen LogP contribution is -2.26. The predicted octanol–water partition coefficient (Wildman–Crippen LogP) is 4.20. The van der Waals surface area contributed by atoms with Crippen molar-refractivity contribution in [1.82, 2.24) is 0 Å². The molecule has 0 aliphatic rings. The quantitative estimate of drug-likeness (QED) is 0.640. The number of sulfonamides is 1. The molecule has 0 spiro atoms. The maximum atomic E-state index is 13.1. The van der Waals surface area contributed by atoms with Crippen LogP contribution in [-0.2, 0) is 10.0 Å². The molecule has 0 atom stereocenters. The third-order valence-corrected chi connectivity index (χ3v) is 6.09. The number of methoxy groups -OCH3 is 2. The van der Waals surface area contributed by atoms with E-state index in [1.807, 2.05) is 30.3 Å². The number of rotatable bonds is 6. The molecule has 3 rings (SSSR count). The van der Waals surface area contributed by atoms with Crippen molar-refractivity contribution in [2.24, 2.45) is 0 Å². The topological polar surface area (TPSA) is 55.8 Å². The van der Waals surface area contributed by atoms with E-state index in [1.54, 1.807) is 56.7 Å². The van der Waals surface area contributed by atoms with Crippen LogP contribution >= 0.6 is 0 Å². The van der Waals surface area contributed by atoms with E-state index < -0.39 is 10.0 Å². The van der Waals surface area contributed by atoms with E-state index in [-0.39, 0.29) is 4.90 Å². The smallest absolute Gasteiger partial charge is 0.264 e. The highest BCUT2D eigenvalue weighted by Gasteiger charge is 2.22.